The minimum absolute atomic E-state index is 0.0892. The lowest BCUT2D eigenvalue weighted by Gasteiger charge is -2.20. The minimum Gasteiger partial charge on any atom is -0.452 e. The SMILES string of the molecule is C[C@H](OC(=O)[C@H]1CC=CCC1)C(=O)Nc1ccccc1OC(F)F. The lowest BCUT2D eigenvalue weighted by Crippen LogP contribution is -2.32. The normalized spacial score (nSPS) is 18.1. The maximum absolute atomic E-state index is 12.4. The van der Waals surface area contributed by atoms with Gasteiger partial charge in [0, 0.05) is 0 Å². The van der Waals surface area contributed by atoms with Crippen LogP contribution >= 0.6 is 0 Å². The van der Waals surface area contributed by atoms with Crippen LogP contribution in [-0.2, 0) is 14.3 Å². The highest BCUT2D eigenvalue weighted by Crippen LogP contribution is 2.26. The van der Waals surface area contributed by atoms with Crippen LogP contribution in [0, 0.1) is 5.92 Å². The van der Waals surface area contributed by atoms with Gasteiger partial charge in [0.25, 0.3) is 5.91 Å². The van der Waals surface area contributed by atoms with Crippen molar-refractivity contribution in [3.05, 3.63) is 36.4 Å². The topological polar surface area (TPSA) is 64.6 Å². The number of rotatable bonds is 6. The molecule has 7 heteroatoms. The predicted octanol–water partition coefficient (Wildman–Crippen LogP) is 3.51. The molecular weight excluding hydrogens is 320 g/mol. The number of ether oxygens (including phenoxy) is 2. The van der Waals surface area contributed by atoms with Gasteiger partial charge >= 0.3 is 12.6 Å². The average molecular weight is 339 g/mol. The van der Waals surface area contributed by atoms with E-state index in [0.29, 0.717) is 12.8 Å². The summed E-state index contributed by atoms with van der Waals surface area (Å²) in [6.45, 7) is -1.57. The Kier molecular flexibility index (Phi) is 6.28. The first kappa shape index (κ1) is 17.9. The molecule has 0 saturated carbocycles. The molecular formula is C17H19F2NO4. The van der Waals surface area contributed by atoms with Crippen LogP contribution in [0.5, 0.6) is 5.75 Å². The molecule has 0 radical (unpaired) electrons. The molecule has 0 bridgehead atoms. The van der Waals surface area contributed by atoms with Gasteiger partial charge in [-0.25, -0.2) is 0 Å². The highest BCUT2D eigenvalue weighted by molar-refractivity contribution is 5.96. The Hall–Kier alpha value is -2.44. The van der Waals surface area contributed by atoms with E-state index in [0.717, 1.165) is 6.42 Å². The van der Waals surface area contributed by atoms with E-state index in [-0.39, 0.29) is 17.4 Å². The monoisotopic (exact) mass is 339 g/mol. The minimum atomic E-state index is -3.00. The molecule has 0 spiro atoms. The fraction of sp³-hybridized carbons (Fsp3) is 0.412. The van der Waals surface area contributed by atoms with Gasteiger partial charge in [-0.05, 0) is 38.3 Å². The summed E-state index contributed by atoms with van der Waals surface area (Å²) in [5.41, 5.74) is 0.0892. The molecule has 0 aromatic heterocycles. The molecule has 1 N–H and O–H groups in total. The van der Waals surface area contributed by atoms with Crippen molar-refractivity contribution >= 4 is 17.6 Å². The van der Waals surface area contributed by atoms with Crippen molar-refractivity contribution in [2.45, 2.75) is 38.9 Å². The number of halogens is 2. The van der Waals surface area contributed by atoms with Crippen LogP contribution in [0.15, 0.2) is 36.4 Å². The molecule has 1 aliphatic carbocycles. The van der Waals surface area contributed by atoms with E-state index in [2.05, 4.69) is 10.1 Å². The summed E-state index contributed by atoms with van der Waals surface area (Å²) in [5.74, 6) is -1.45. The van der Waals surface area contributed by atoms with Crippen LogP contribution in [0.3, 0.4) is 0 Å². The smallest absolute Gasteiger partial charge is 0.387 e. The van der Waals surface area contributed by atoms with E-state index in [1.807, 2.05) is 12.2 Å². The largest absolute Gasteiger partial charge is 0.452 e. The van der Waals surface area contributed by atoms with Gasteiger partial charge in [-0.15, -0.1) is 0 Å². The maximum Gasteiger partial charge on any atom is 0.387 e. The molecule has 0 unspecified atom stereocenters. The van der Waals surface area contributed by atoms with Crippen LogP contribution in [0.4, 0.5) is 14.5 Å². The van der Waals surface area contributed by atoms with Gasteiger partial charge < -0.3 is 14.8 Å². The third-order valence-corrected chi connectivity index (χ3v) is 3.63. The van der Waals surface area contributed by atoms with Crippen molar-refractivity contribution in [2.75, 3.05) is 5.32 Å². The number of amides is 1. The van der Waals surface area contributed by atoms with Crippen molar-refractivity contribution in [2.24, 2.45) is 5.92 Å². The fourth-order valence-electron chi connectivity index (χ4n) is 2.33. The van der Waals surface area contributed by atoms with Crippen molar-refractivity contribution < 1.29 is 27.8 Å². The first-order chi connectivity index (χ1) is 11.5. The number of allylic oxidation sites excluding steroid dienone is 2. The standard InChI is InChI=1S/C17H19F2NO4/c1-11(23-16(22)12-7-3-2-4-8-12)15(21)20-13-9-5-6-10-14(13)24-17(18)19/h2-3,5-6,9-12,17H,4,7-8H2,1H3,(H,20,21)/t11-,12-/m0/s1. The Bertz CT molecular complexity index is 618. The number of benzene rings is 1. The van der Waals surface area contributed by atoms with Gasteiger partial charge in [0.2, 0.25) is 0 Å². The lowest BCUT2D eigenvalue weighted by molar-refractivity contribution is -0.157. The predicted molar refractivity (Wildman–Crippen MR) is 83.7 cm³/mol. The molecule has 0 heterocycles. The number of carbonyl (C=O) groups is 2. The third-order valence-electron chi connectivity index (χ3n) is 3.63. The van der Waals surface area contributed by atoms with E-state index in [4.69, 9.17) is 4.74 Å². The van der Waals surface area contributed by atoms with E-state index in [1.165, 1.54) is 25.1 Å². The first-order valence-electron chi connectivity index (χ1n) is 7.67. The molecule has 0 fully saturated rings. The van der Waals surface area contributed by atoms with E-state index in [9.17, 15) is 18.4 Å². The van der Waals surface area contributed by atoms with E-state index < -0.39 is 24.6 Å². The molecule has 24 heavy (non-hydrogen) atoms. The molecule has 130 valence electrons. The Morgan fingerprint density at radius 2 is 2.00 bits per heavy atom. The van der Waals surface area contributed by atoms with Gasteiger partial charge in [0.1, 0.15) is 5.75 Å². The number of hydrogen-bond acceptors (Lipinski definition) is 4. The average Bonchev–Trinajstić information content (AvgIpc) is 2.56. The summed E-state index contributed by atoms with van der Waals surface area (Å²) in [6.07, 6.45) is 4.96. The zero-order valence-corrected chi connectivity index (χ0v) is 13.2. The summed E-state index contributed by atoms with van der Waals surface area (Å²) in [5, 5.41) is 2.44. The van der Waals surface area contributed by atoms with Gasteiger partial charge in [0.15, 0.2) is 6.10 Å². The van der Waals surface area contributed by atoms with Gasteiger partial charge in [-0.2, -0.15) is 8.78 Å². The molecule has 0 aliphatic heterocycles. The maximum atomic E-state index is 12.4. The molecule has 1 aliphatic rings. The second-order valence-electron chi connectivity index (χ2n) is 5.42. The number of hydrogen-bond donors (Lipinski definition) is 1. The molecule has 1 aromatic rings. The second kappa shape index (κ2) is 8.42. The number of esters is 1. The molecule has 2 atom stereocenters. The quantitative estimate of drug-likeness (QED) is 0.636. The molecule has 1 aromatic carbocycles. The summed E-state index contributed by atoms with van der Waals surface area (Å²) in [4.78, 5) is 24.1. The molecule has 5 nitrogen and oxygen atoms in total. The molecule has 0 saturated heterocycles. The first-order valence-corrected chi connectivity index (χ1v) is 7.67. The number of alkyl halides is 2. The van der Waals surface area contributed by atoms with Crippen molar-refractivity contribution in [3.8, 4) is 5.75 Å². The van der Waals surface area contributed by atoms with Crippen LogP contribution < -0.4 is 10.1 Å². The Labute approximate surface area is 138 Å². The summed E-state index contributed by atoms with van der Waals surface area (Å²) < 4.78 is 34.2. The van der Waals surface area contributed by atoms with E-state index in [1.54, 1.807) is 6.07 Å². The number of carbonyl (C=O) groups excluding carboxylic acids is 2. The van der Waals surface area contributed by atoms with Crippen LogP contribution in [0.2, 0.25) is 0 Å². The summed E-state index contributed by atoms with van der Waals surface area (Å²) in [7, 11) is 0. The summed E-state index contributed by atoms with van der Waals surface area (Å²) >= 11 is 0. The zero-order valence-electron chi connectivity index (χ0n) is 13.2. The van der Waals surface area contributed by atoms with Crippen molar-refractivity contribution in [1.29, 1.82) is 0 Å². The van der Waals surface area contributed by atoms with E-state index >= 15 is 0 Å². The highest BCUT2D eigenvalue weighted by atomic mass is 19.3. The van der Waals surface area contributed by atoms with Crippen molar-refractivity contribution in [3.63, 3.8) is 0 Å². The number of para-hydroxylation sites is 2. The highest BCUT2D eigenvalue weighted by Gasteiger charge is 2.25. The van der Waals surface area contributed by atoms with Gasteiger partial charge in [-0.1, -0.05) is 24.3 Å². The van der Waals surface area contributed by atoms with Crippen molar-refractivity contribution in [1.82, 2.24) is 0 Å². The van der Waals surface area contributed by atoms with Gasteiger partial charge in [0.05, 0.1) is 11.6 Å². The van der Waals surface area contributed by atoms with Crippen LogP contribution in [0.25, 0.3) is 0 Å². The zero-order chi connectivity index (χ0) is 17.5. The Morgan fingerprint density at radius 1 is 1.25 bits per heavy atom. The number of anilines is 1. The van der Waals surface area contributed by atoms with Crippen LogP contribution in [0.1, 0.15) is 26.2 Å². The number of nitrogens with one attached hydrogen (secondary N) is 1. The lowest BCUT2D eigenvalue weighted by atomic mass is 9.95. The Balaban J connectivity index is 1.94. The molecule has 2 rings (SSSR count). The molecule has 1 amide bonds. The van der Waals surface area contributed by atoms with Crippen LogP contribution in [-0.4, -0.2) is 24.6 Å². The fourth-order valence-corrected chi connectivity index (χ4v) is 2.33. The third kappa shape index (κ3) is 5.04. The summed E-state index contributed by atoms with van der Waals surface area (Å²) in [6, 6.07) is 5.81. The second-order valence-corrected chi connectivity index (χ2v) is 5.42. The van der Waals surface area contributed by atoms with Gasteiger partial charge in [-0.3, -0.25) is 9.59 Å². The Morgan fingerprint density at radius 3 is 2.67 bits per heavy atom.